The highest BCUT2D eigenvalue weighted by Crippen LogP contribution is 2.25. The molecule has 0 radical (unpaired) electrons. The van der Waals surface area contributed by atoms with E-state index in [9.17, 15) is 9.59 Å². The number of carbonyl (C=O) groups excluding carboxylic acids is 1. The molecule has 0 unspecified atom stereocenters. The molecule has 178 valence electrons. The molecule has 0 aromatic heterocycles. The summed E-state index contributed by atoms with van der Waals surface area (Å²) in [5.41, 5.74) is 3.19. The number of aromatic carboxylic acids is 1. The topological polar surface area (TPSA) is 75.6 Å². The van der Waals surface area contributed by atoms with Gasteiger partial charge in [0.1, 0.15) is 5.75 Å². The van der Waals surface area contributed by atoms with Crippen molar-refractivity contribution in [2.75, 3.05) is 6.61 Å². The highest BCUT2D eigenvalue weighted by atomic mass is 35.5. The van der Waals surface area contributed by atoms with E-state index in [0.717, 1.165) is 29.5 Å². The molecule has 0 bridgehead atoms. The minimum absolute atomic E-state index is 0.228. The van der Waals surface area contributed by atoms with Crippen LogP contribution in [-0.2, 0) is 6.42 Å². The third-order valence-electron chi connectivity index (χ3n) is 5.46. The van der Waals surface area contributed by atoms with E-state index in [1.807, 2.05) is 38.1 Å². The van der Waals surface area contributed by atoms with Crippen LogP contribution in [0.4, 0.5) is 0 Å². The van der Waals surface area contributed by atoms with Gasteiger partial charge in [-0.3, -0.25) is 4.79 Å². The van der Waals surface area contributed by atoms with Gasteiger partial charge in [-0.2, -0.15) is 0 Å². The van der Waals surface area contributed by atoms with E-state index in [-0.39, 0.29) is 11.5 Å². The predicted octanol–water partition coefficient (Wildman–Crippen LogP) is 6.64. The number of ether oxygens (including phenoxy) is 1. The third kappa shape index (κ3) is 6.84. The summed E-state index contributed by atoms with van der Waals surface area (Å²) in [6.07, 6.45) is 2.55. The van der Waals surface area contributed by atoms with Gasteiger partial charge in [0.2, 0.25) is 0 Å². The summed E-state index contributed by atoms with van der Waals surface area (Å²) in [5, 5.41) is 12.7. The summed E-state index contributed by atoms with van der Waals surface area (Å²) in [4.78, 5) is 24.1. The lowest BCUT2D eigenvalue weighted by molar-refractivity contribution is 0.0696. The summed E-state index contributed by atoms with van der Waals surface area (Å²) in [6, 6.07) is 19.9. The molecule has 0 aliphatic heterocycles. The van der Waals surface area contributed by atoms with E-state index in [4.69, 9.17) is 21.4 Å². The number of hydrogen-bond acceptors (Lipinski definition) is 3. The van der Waals surface area contributed by atoms with Crippen molar-refractivity contribution in [1.29, 1.82) is 0 Å². The zero-order valence-corrected chi connectivity index (χ0v) is 20.5. The van der Waals surface area contributed by atoms with E-state index in [2.05, 4.69) is 12.2 Å². The summed E-state index contributed by atoms with van der Waals surface area (Å²) in [5.74, 6) is -0.637. The van der Waals surface area contributed by atoms with Crippen LogP contribution in [0.15, 0.2) is 66.7 Å². The van der Waals surface area contributed by atoms with E-state index in [1.54, 1.807) is 42.5 Å². The first kappa shape index (κ1) is 25.3. The maximum absolute atomic E-state index is 13.1. The first-order valence-corrected chi connectivity index (χ1v) is 11.7. The number of hydrogen-bond donors (Lipinski definition) is 2. The van der Waals surface area contributed by atoms with Crippen molar-refractivity contribution in [2.24, 2.45) is 0 Å². The minimum atomic E-state index is -0.941. The van der Waals surface area contributed by atoms with Crippen molar-refractivity contribution in [2.45, 2.75) is 45.6 Å². The lowest BCUT2D eigenvalue weighted by atomic mass is 9.93. The van der Waals surface area contributed by atoms with Crippen LogP contribution in [-0.4, -0.2) is 29.1 Å². The van der Waals surface area contributed by atoms with Crippen LogP contribution >= 0.6 is 11.6 Å². The number of benzene rings is 3. The highest BCUT2D eigenvalue weighted by Gasteiger charge is 2.24. The number of amides is 1. The molecule has 3 aromatic carbocycles. The molecule has 2 N–H and O–H groups in total. The predicted molar refractivity (Wildman–Crippen MR) is 136 cm³/mol. The molecule has 34 heavy (non-hydrogen) atoms. The fourth-order valence-electron chi connectivity index (χ4n) is 3.68. The van der Waals surface area contributed by atoms with Gasteiger partial charge in [-0.25, -0.2) is 4.79 Å². The Labute approximate surface area is 205 Å². The SMILES string of the molecule is CCCCOc1ccc(Cl)cc1C(=O)NC(C)(C)Cc1ccc(-c2ccc(C(=O)O)cc2)cc1. The maximum Gasteiger partial charge on any atom is 0.335 e. The smallest absolute Gasteiger partial charge is 0.335 e. The first-order chi connectivity index (χ1) is 16.2. The molecule has 0 spiro atoms. The summed E-state index contributed by atoms with van der Waals surface area (Å²) >= 11 is 6.15. The first-order valence-electron chi connectivity index (χ1n) is 11.4. The fourth-order valence-corrected chi connectivity index (χ4v) is 3.85. The Bertz CT molecular complexity index is 1140. The molecule has 1 amide bonds. The van der Waals surface area contributed by atoms with Gasteiger partial charge in [0, 0.05) is 10.6 Å². The number of nitrogens with one attached hydrogen (secondary N) is 1. The average molecular weight is 480 g/mol. The third-order valence-corrected chi connectivity index (χ3v) is 5.69. The summed E-state index contributed by atoms with van der Waals surface area (Å²) in [6.45, 7) is 6.59. The number of unbranched alkanes of at least 4 members (excludes halogenated alkanes) is 1. The van der Waals surface area contributed by atoms with E-state index in [0.29, 0.717) is 29.4 Å². The zero-order chi connectivity index (χ0) is 24.7. The summed E-state index contributed by atoms with van der Waals surface area (Å²) < 4.78 is 5.81. The second-order valence-electron chi connectivity index (χ2n) is 8.94. The Kier molecular flexibility index (Phi) is 8.35. The van der Waals surface area contributed by atoms with Crippen molar-refractivity contribution in [3.05, 3.63) is 88.4 Å². The van der Waals surface area contributed by atoms with Crippen LogP contribution in [0.1, 0.15) is 59.9 Å². The van der Waals surface area contributed by atoms with Crippen molar-refractivity contribution in [3.8, 4) is 16.9 Å². The molecule has 3 rings (SSSR count). The van der Waals surface area contributed by atoms with Crippen LogP contribution in [0.3, 0.4) is 0 Å². The van der Waals surface area contributed by atoms with Gasteiger partial charge in [-0.05, 0) is 73.7 Å². The molecule has 0 heterocycles. The Balaban J connectivity index is 1.68. The van der Waals surface area contributed by atoms with Gasteiger partial charge < -0.3 is 15.2 Å². The highest BCUT2D eigenvalue weighted by molar-refractivity contribution is 6.31. The molecule has 0 saturated heterocycles. The maximum atomic E-state index is 13.1. The number of halogens is 1. The number of carbonyl (C=O) groups is 2. The van der Waals surface area contributed by atoms with Crippen LogP contribution in [0.25, 0.3) is 11.1 Å². The van der Waals surface area contributed by atoms with Crippen LogP contribution in [0.5, 0.6) is 5.75 Å². The molecule has 6 heteroatoms. The summed E-state index contributed by atoms with van der Waals surface area (Å²) in [7, 11) is 0. The van der Waals surface area contributed by atoms with E-state index >= 15 is 0 Å². The lowest BCUT2D eigenvalue weighted by Crippen LogP contribution is -2.45. The Morgan fingerprint density at radius 1 is 0.971 bits per heavy atom. The van der Waals surface area contributed by atoms with Gasteiger partial charge in [0.15, 0.2) is 0 Å². The number of carboxylic acids is 1. The van der Waals surface area contributed by atoms with Gasteiger partial charge in [0.05, 0.1) is 17.7 Å². The van der Waals surface area contributed by atoms with Crippen molar-refractivity contribution < 1.29 is 19.4 Å². The molecule has 0 fully saturated rings. The quantitative estimate of drug-likeness (QED) is 0.320. The Hall–Kier alpha value is -3.31. The van der Waals surface area contributed by atoms with Crippen molar-refractivity contribution in [1.82, 2.24) is 5.32 Å². The monoisotopic (exact) mass is 479 g/mol. The molecular weight excluding hydrogens is 450 g/mol. The second kappa shape index (κ2) is 11.2. The largest absolute Gasteiger partial charge is 0.493 e. The van der Waals surface area contributed by atoms with Crippen LogP contribution in [0, 0.1) is 0 Å². The molecular formula is C28H30ClNO4. The molecule has 0 saturated carbocycles. The van der Waals surface area contributed by atoms with Crippen molar-refractivity contribution in [3.63, 3.8) is 0 Å². The lowest BCUT2D eigenvalue weighted by Gasteiger charge is -2.27. The number of carboxylic acid groups (broad SMARTS) is 1. The van der Waals surface area contributed by atoms with Gasteiger partial charge in [-0.1, -0.05) is 61.3 Å². The average Bonchev–Trinajstić information content (AvgIpc) is 2.80. The van der Waals surface area contributed by atoms with Gasteiger partial charge >= 0.3 is 5.97 Å². The standard InChI is InChI=1S/C28H30ClNO4/c1-4-5-16-34-25-15-14-23(29)17-24(25)26(31)30-28(2,3)18-19-6-8-20(9-7-19)21-10-12-22(13-11-21)27(32)33/h6-15,17H,4-5,16,18H2,1-3H3,(H,30,31)(H,32,33). The molecule has 5 nitrogen and oxygen atoms in total. The Morgan fingerprint density at radius 2 is 1.59 bits per heavy atom. The Morgan fingerprint density at radius 3 is 2.18 bits per heavy atom. The van der Waals surface area contributed by atoms with E-state index < -0.39 is 11.5 Å². The van der Waals surface area contributed by atoms with E-state index in [1.165, 1.54) is 0 Å². The zero-order valence-electron chi connectivity index (χ0n) is 19.7. The van der Waals surface area contributed by atoms with Gasteiger partial charge in [0.25, 0.3) is 5.91 Å². The normalized spacial score (nSPS) is 11.2. The molecule has 3 aromatic rings. The van der Waals surface area contributed by atoms with Crippen LogP contribution < -0.4 is 10.1 Å². The molecule has 0 atom stereocenters. The number of rotatable bonds is 10. The second-order valence-corrected chi connectivity index (χ2v) is 9.37. The van der Waals surface area contributed by atoms with Gasteiger partial charge in [-0.15, -0.1) is 0 Å². The fraction of sp³-hybridized carbons (Fsp3) is 0.286. The minimum Gasteiger partial charge on any atom is -0.493 e. The molecule has 0 aliphatic rings. The molecule has 0 aliphatic carbocycles. The van der Waals surface area contributed by atoms with Crippen molar-refractivity contribution >= 4 is 23.5 Å². The van der Waals surface area contributed by atoms with Crippen LogP contribution in [0.2, 0.25) is 5.02 Å².